The number of thiophene rings is 1. The molecular formula is C10H10N2OS2. The molecule has 2 aromatic heterocycles. The fourth-order valence-corrected chi connectivity index (χ4v) is 2.40. The van der Waals surface area contributed by atoms with Crippen molar-refractivity contribution in [3.63, 3.8) is 0 Å². The fraction of sp³-hybridized carbons (Fsp3) is 0.200. The van der Waals surface area contributed by atoms with Gasteiger partial charge in [-0.2, -0.15) is 0 Å². The molecule has 0 aliphatic carbocycles. The van der Waals surface area contributed by atoms with E-state index < -0.39 is 0 Å². The van der Waals surface area contributed by atoms with Gasteiger partial charge in [-0.05, 0) is 35.5 Å². The Kier molecular flexibility index (Phi) is 3.47. The molecule has 3 nitrogen and oxygen atoms in total. The zero-order valence-corrected chi connectivity index (χ0v) is 9.61. The quantitative estimate of drug-likeness (QED) is 0.887. The first kappa shape index (κ1) is 10.3. The second kappa shape index (κ2) is 5.04. The molecule has 0 saturated heterocycles. The van der Waals surface area contributed by atoms with Crippen LogP contribution in [0.4, 0.5) is 0 Å². The highest BCUT2D eigenvalue weighted by atomic mass is 32.1. The number of amides is 1. The zero-order chi connectivity index (χ0) is 10.5. The van der Waals surface area contributed by atoms with Crippen molar-refractivity contribution in [3.8, 4) is 0 Å². The van der Waals surface area contributed by atoms with Gasteiger partial charge in [0.15, 0.2) is 0 Å². The predicted molar refractivity (Wildman–Crippen MR) is 62.5 cm³/mol. The van der Waals surface area contributed by atoms with Crippen molar-refractivity contribution < 1.29 is 4.79 Å². The minimum absolute atomic E-state index is 0.0333. The molecule has 1 N–H and O–H groups in total. The maximum atomic E-state index is 11.5. The summed E-state index contributed by atoms with van der Waals surface area (Å²) in [5.41, 5.74) is 0. The van der Waals surface area contributed by atoms with Gasteiger partial charge in [-0.1, -0.05) is 6.07 Å². The average Bonchev–Trinajstić information content (AvgIpc) is 2.90. The summed E-state index contributed by atoms with van der Waals surface area (Å²) in [6.45, 7) is 0.678. The van der Waals surface area contributed by atoms with Gasteiger partial charge in [0.2, 0.25) is 0 Å². The van der Waals surface area contributed by atoms with Gasteiger partial charge in [0.05, 0.1) is 0 Å². The molecule has 0 fully saturated rings. The van der Waals surface area contributed by atoms with E-state index in [9.17, 15) is 4.79 Å². The van der Waals surface area contributed by atoms with Crippen molar-refractivity contribution in [3.05, 3.63) is 39.5 Å². The van der Waals surface area contributed by atoms with E-state index >= 15 is 0 Å². The topological polar surface area (TPSA) is 42.0 Å². The molecule has 2 aromatic rings. The lowest BCUT2D eigenvalue weighted by atomic mass is 10.3. The summed E-state index contributed by atoms with van der Waals surface area (Å²) in [4.78, 5) is 13.5. The molecule has 0 aromatic carbocycles. The first-order valence-electron chi connectivity index (χ1n) is 4.57. The summed E-state index contributed by atoms with van der Waals surface area (Å²) in [7, 11) is 0. The second-order valence-electron chi connectivity index (χ2n) is 2.96. The molecule has 78 valence electrons. The van der Waals surface area contributed by atoms with Gasteiger partial charge in [0, 0.05) is 17.6 Å². The smallest absolute Gasteiger partial charge is 0.262 e. The van der Waals surface area contributed by atoms with Gasteiger partial charge in [0.1, 0.15) is 4.88 Å². The molecule has 5 heteroatoms. The maximum absolute atomic E-state index is 11.5. The Hall–Kier alpha value is -1.20. The maximum Gasteiger partial charge on any atom is 0.262 e. The van der Waals surface area contributed by atoms with Crippen molar-refractivity contribution in [2.24, 2.45) is 0 Å². The summed E-state index contributed by atoms with van der Waals surface area (Å²) in [5, 5.41) is 4.90. The van der Waals surface area contributed by atoms with E-state index in [4.69, 9.17) is 0 Å². The summed E-state index contributed by atoms with van der Waals surface area (Å²) < 4.78 is 3.88. The molecule has 0 atom stereocenters. The zero-order valence-electron chi connectivity index (χ0n) is 7.97. The molecule has 1 amide bonds. The van der Waals surface area contributed by atoms with Gasteiger partial charge in [-0.25, -0.2) is 4.37 Å². The van der Waals surface area contributed by atoms with Crippen molar-refractivity contribution in [1.29, 1.82) is 0 Å². The van der Waals surface area contributed by atoms with Crippen LogP contribution in [0.3, 0.4) is 0 Å². The number of hydrogen-bond acceptors (Lipinski definition) is 4. The number of nitrogens with zero attached hydrogens (tertiary/aromatic N) is 1. The molecular weight excluding hydrogens is 228 g/mol. The second-order valence-corrected chi connectivity index (χ2v) is 4.83. The molecule has 2 rings (SSSR count). The number of carbonyl (C=O) groups excluding carboxylic acids is 1. The predicted octanol–water partition coefficient (Wildman–Crippen LogP) is 2.18. The number of rotatable bonds is 4. The first-order valence-corrected chi connectivity index (χ1v) is 6.23. The largest absolute Gasteiger partial charge is 0.351 e. The van der Waals surface area contributed by atoms with Gasteiger partial charge >= 0.3 is 0 Å². The third kappa shape index (κ3) is 2.87. The van der Waals surface area contributed by atoms with Crippen molar-refractivity contribution in [1.82, 2.24) is 9.69 Å². The molecule has 0 unspecified atom stereocenters. The Labute approximate surface area is 95.9 Å². The van der Waals surface area contributed by atoms with E-state index in [-0.39, 0.29) is 5.91 Å². The van der Waals surface area contributed by atoms with E-state index in [0.717, 1.165) is 6.42 Å². The Balaban J connectivity index is 1.77. The molecule has 0 radical (unpaired) electrons. The lowest BCUT2D eigenvalue weighted by Gasteiger charge is -2.00. The van der Waals surface area contributed by atoms with Gasteiger partial charge in [0.25, 0.3) is 5.91 Å². The summed E-state index contributed by atoms with van der Waals surface area (Å²) in [6.07, 6.45) is 2.53. The van der Waals surface area contributed by atoms with E-state index in [2.05, 4.69) is 15.8 Å². The van der Waals surface area contributed by atoms with Crippen LogP contribution >= 0.6 is 22.9 Å². The molecule has 0 bridgehead atoms. The Bertz CT molecular complexity index is 409. The van der Waals surface area contributed by atoms with E-state index in [1.807, 2.05) is 11.4 Å². The Morgan fingerprint density at radius 1 is 1.47 bits per heavy atom. The van der Waals surface area contributed by atoms with Crippen LogP contribution < -0.4 is 5.32 Å². The normalized spacial score (nSPS) is 10.1. The fourth-order valence-electron chi connectivity index (χ4n) is 1.17. The summed E-state index contributed by atoms with van der Waals surface area (Å²) in [5.74, 6) is -0.0333. The number of aromatic nitrogens is 1. The summed E-state index contributed by atoms with van der Waals surface area (Å²) >= 11 is 2.93. The minimum atomic E-state index is -0.0333. The molecule has 0 saturated carbocycles. The Morgan fingerprint density at radius 2 is 2.40 bits per heavy atom. The molecule has 2 heterocycles. The molecule has 0 spiro atoms. The minimum Gasteiger partial charge on any atom is -0.351 e. The van der Waals surface area contributed by atoms with Crippen LogP contribution in [-0.4, -0.2) is 16.8 Å². The van der Waals surface area contributed by atoms with Crippen LogP contribution in [0.5, 0.6) is 0 Å². The average molecular weight is 238 g/mol. The third-order valence-corrected chi connectivity index (χ3v) is 3.58. The summed E-state index contributed by atoms with van der Waals surface area (Å²) in [6, 6.07) is 5.82. The van der Waals surface area contributed by atoms with Crippen LogP contribution in [0.1, 0.15) is 14.5 Å². The van der Waals surface area contributed by atoms with E-state index in [1.54, 1.807) is 23.6 Å². The standard InChI is InChI=1S/C10H10N2OS2/c13-10(9-4-6-12-15-9)11-5-3-8-2-1-7-14-8/h1-2,4,6-7H,3,5H2,(H,11,13). The van der Waals surface area contributed by atoms with Gasteiger partial charge < -0.3 is 5.32 Å². The number of nitrogens with one attached hydrogen (secondary N) is 1. The van der Waals surface area contributed by atoms with Crippen LogP contribution in [0, 0.1) is 0 Å². The SMILES string of the molecule is O=C(NCCc1cccs1)c1ccns1. The van der Waals surface area contributed by atoms with Crippen LogP contribution in [0.25, 0.3) is 0 Å². The van der Waals surface area contributed by atoms with Gasteiger partial charge in [-0.15, -0.1) is 11.3 Å². The number of carbonyl (C=O) groups is 1. The van der Waals surface area contributed by atoms with Crippen LogP contribution in [0.2, 0.25) is 0 Å². The van der Waals surface area contributed by atoms with E-state index in [1.165, 1.54) is 16.4 Å². The molecule has 15 heavy (non-hydrogen) atoms. The lowest BCUT2D eigenvalue weighted by molar-refractivity contribution is 0.0958. The Morgan fingerprint density at radius 3 is 3.07 bits per heavy atom. The highest BCUT2D eigenvalue weighted by Gasteiger charge is 2.05. The van der Waals surface area contributed by atoms with Gasteiger partial charge in [-0.3, -0.25) is 4.79 Å². The van der Waals surface area contributed by atoms with Crippen LogP contribution in [-0.2, 0) is 6.42 Å². The van der Waals surface area contributed by atoms with E-state index in [0.29, 0.717) is 11.4 Å². The molecule has 0 aliphatic rings. The van der Waals surface area contributed by atoms with Crippen molar-refractivity contribution in [2.45, 2.75) is 6.42 Å². The molecule has 0 aliphatic heterocycles. The lowest BCUT2D eigenvalue weighted by Crippen LogP contribution is -2.24. The first-order chi connectivity index (χ1) is 7.36. The van der Waals surface area contributed by atoms with Crippen molar-refractivity contribution >= 4 is 28.8 Å². The highest BCUT2D eigenvalue weighted by Crippen LogP contribution is 2.08. The number of hydrogen-bond donors (Lipinski definition) is 1. The monoisotopic (exact) mass is 238 g/mol. The van der Waals surface area contributed by atoms with Crippen LogP contribution in [0.15, 0.2) is 29.8 Å². The third-order valence-electron chi connectivity index (χ3n) is 1.90. The van der Waals surface area contributed by atoms with Crippen molar-refractivity contribution in [2.75, 3.05) is 6.54 Å². The highest BCUT2D eigenvalue weighted by molar-refractivity contribution is 7.09.